The molecule has 0 saturated heterocycles. The van der Waals surface area contributed by atoms with Crippen LogP contribution in [0.5, 0.6) is 0 Å². The van der Waals surface area contributed by atoms with E-state index in [1.165, 1.54) is 22.3 Å². The minimum absolute atomic E-state index is 0.625. The number of ether oxygens (including phenoxy) is 1. The molecule has 0 unspecified atom stereocenters. The summed E-state index contributed by atoms with van der Waals surface area (Å²) in [5.41, 5.74) is 4.90. The lowest BCUT2D eigenvalue weighted by atomic mass is 10.0. The lowest BCUT2D eigenvalue weighted by Gasteiger charge is -2.10. The van der Waals surface area contributed by atoms with Gasteiger partial charge >= 0.3 is 0 Å². The molecule has 1 nitrogen and oxygen atoms in total. The van der Waals surface area contributed by atoms with E-state index in [4.69, 9.17) is 4.74 Å². The third-order valence-corrected chi connectivity index (χ3v) is 3.47. The second-order valence-corrected chi connectivity index (χ2v) is 5.00. The maximum atomic E-state index is 5.87. The van der Waals surface area contributed by atoms with Gasteiger partial charge in [0.1, 0.15) is 0 Å². The second kappa shape index (κ2) is 6.87. The predicted octanol–water partition coefficient (Wildman–Crippen LogP) is 5.07. The van der Waals surface area contributed by atoms with Crippen molar-refractivity contribution < 1.29 is 4.74 Å². The van der Waals surface area contributed by atoms with Gasteiger partial charge in [-0.15, -0.1) is 0 Å². The summed E-state index contributed by atoms with van der Waals surface area (Å²) in [5.74, 6) is 0. The van der Waals surface area contributed by atoms with E-state index in [2.05, 4.69) is 60.7 Å². The van der Waals surface area contributed by atoms with Crippen LogP contribution in [0.25, 0.3) is 11.1 Å². The van der Waals surface area contributed by atoms with E-state index in [0.717, 1.165) is 0 Å². The number of rotatable bonds is 5. The van der Waals surface area contributed by atoms with Gasteiger partial charge in [-0.25, -0.2) is 0 Å². The van der Waals surface area contributed by atoms with E-state index in [1.54, 1.807) is 0 Å². The average molecular weight is 274 g/mol. The molecular weight excluding hydrogens is 256 g/mol. The highest BCUT2D eigenvalue weighted by Gasteiger charge is 2.04. The van der Waals surface area contributed by atoms with Crippen molar-refractivity contribution in [3.8, 4) is 11.1 Å². The minimum Gasteiger partial charge on any atom is -0.372 e. The Bertz CT molecular complexity index is 674. The van der Waals surface area contributed by atoms with Gasteiger partial charge in [-0.1, -0.05) is 84.9 Å². The summed E-state index contributed by atoms with van der Waals surface area (Å²) >= 11 is 0. The van der Waals surface area contributed by atoms with E-state index >= 15 is 0 Å². The van der Waals surface area contributed by atoms with Crippen LogP contribution in [0.15, 0.2) is 84.9 Å². The Balaban J connectivity index is 1.71. The van der Waals surface area contributed by atoms with Crippen molar-refractivity contribution in [2.45, 2.75) is 13.2 Å². The summed E-state index contributed by atoms with van der Waals surface area (Å²) in [6.07, 6.45) is 0. The summed E-state index contributed by atoms with van der Waals surface area (Å²) in [6, 6.07) is 29.1. The fraction of sp³-hybridized carbons (Fsp3) is 0.100. The van der Waals surface area contributed by atoms with E-state index in [0.29, 0.717) is 13.2 Å². The summed E-state index contributed by atoms with van der Waals surface area (Å²) in [7, 11) is 0. The molecule has 104 valence electrons. The van der Waals surface area contributed by atoms with Crippen LogP contribution in [0.2, 0.25) is 0 Å². The molecule has 21 heavy (non-hydrogen) atoms. The normalized spacial score (nSPS) is 10.5. The standard InChI is InChI=1S/C20H18O/c1-3-9-17(10-4-1)15-21-16-19-13-7-8-14-20(19)18-11-5-2-6-12-18/h1-14H,15-16H2. The van der Waals surface area contributed by atoms with Gasteiger partial charge in [-0.3, -0.25) is 0 Å². The van der Waals surface area contributed by atoms with Crippen LogP contribution < -0.4 is 0 Å². The quantitative estimate of drug-likeness (QED) is 0.631. The molecule has 0 aliphatic heterocycles. The first-order chi connectivity index (χ1) is 10.4. The van der Waals surface area contributed by atoms with E-state index in [9.17, 15) is 0 Å². The molecule has 0 fully saturated rings. The van der Waals surface area contributed by atoms with Gasteiger partial charge in [0.2, 0.25) is 0 Å². The molecule has 3 rings (SSSR count). The van der Waals surface area contributed by atoms with Gasteiger partial charge in [0.05, 0.1) is 13.2 Å². The summed E-state index contributed by atoms with van der Waals surface area (Å²) in [4.78, 5) is 0. The van der Waals surface area contributed by atoms with Crippen molar-refractivity contribution in [3.63, 3.8) is 0 Å². The largest absolute Gasteiger partial charge is 0.372 e. The van der Waals surface area contributed by atoms with E-state index < -0.39 is 0 Å². The highest BCUT2D eigenvalue weighted by Crippen LogP contribution is 2.24. The first-order valence-corrected chi connectivity index (χ1v) is 7.18. The van der Waals surface area contributed by atoms with Crippen LogP contribution >= 0.6 is 0 Å². The molecular formula is C20H18O. The smallest absolute Gasteiger partial charge is 0.0727 e. The van der Waals surface area contributed by atoms with Crippen LogP contribution in [0.1, 0.15) is 11.1 Å². The molecule has 0 aliphatic rings. The second-order valence-electron chi connectivity index (χ2n) is 5.00. The number of benzene rings is 3. The molecule has 0 aliphatic carbocycles. The van der Waals surface area contributed by atoms with E-state index in [1.807, 2.05) is 24.3 Å². The number of hydrogen-bond acceptors (Lipinski definition) is 1. The van der Waals surface area contributed by atoms with Crippen molar-refractivity contribution in [2.75, 3.05) is 0 Å². The molecule has 3 aromatic carbocycles. The highest BCUT2D eigenvalue weighted by atomic mass is 16.5. The Morgan fingerprint density at radius 1 is 0.571 bits per heavy atom. The van der Waals surface area contributed by atoms with Gasteiger partial charge in [0, 0.05) is 0 Å². The topological polar surface area (TPSA) is 9.23 Å². The lowest BCUT2D eigenvalue weighted by molar-refractivity contribution is 0.107. The zero-order chi connectivity index (χ0) is 14.3. The molecule has 0 amide bonds. The highest BCUT2D eigenvalue weighted by molar-refractivity contribution is 5.67. The fourth-order valence-electron chi connectivity index (χ4n) is 2.40. The van der Waals surface area contributed by atoms with Crippen molar-refractivity contribution >= 4 is 0 Å². The number of hydrogen-bond donors (Lipinski definition) is 0. The van der Waals surface area contributed by atoms with Crippen molar-refractivity contribution in [1.29, 1.82) is 0 Å². The first kappa shape index (κ1) is 13.6. The molecule has 1 heteroatoms. The predicted molar refractivity (Wildman–Crippen MR) is 86.8 cm³/mol. The molecule has 0 bridgehead atoms. The summed E-state index contributed by atoms with van der Waals surface area (Å²) < 4.78 is 5.87. The van der Waals surface area contributed by atoms with Gasteiger partial charge < -0.3 is 4.74 Å². The Morgan fingerprint density at radius 2 is 1.19 bits per heavy atom. The molecule has 0 atom stereocenters. The van der Waals surface area contributed by atoms with Gasteiger partial charge in [0.15, 0.2) is 0 Å². The molecule has 0 N–H and O–H groups in total. The van der Waals surface area contributed by atoms with E-state index in [-0.39, 0.29) is 0 Å². The van der Waals surface area contributed by atoms with Crippen molar-refractivity contribution in [1.82, 2.24) is 0 Å². The maximum absolute atomic E-state index is 5.87. The molecule has 0 saturated carbocycles. The Hall–Kier alpha value is -2.38. The van der Waals surface area contributed by atoms with Gasteiger partial charge in [-0.05, 0) is 22.3 Å². The molecule has 0 spiro atoms. The Kier molecular flexibility index (Phi) is 4.45. The van der Waals surface area contributed by atoms with Crippen LogP contribution in [-0.2, 0) is 18.0 Å². The van der Waals surface area contributed by atoms with Crippen LogP contribution in [0, 0.1) is 0 Å². The summed E-state index contributed by atoms with van der Waals surface area (Å²) in [6.45, 7) is 1.27. The SMILES string of the molecule is c1ccc(COCc2ccccc2-c2ccccc2)cc1. The molecule has 3 aromatic rings. The minimum atomic E-state index is 0.625. The zero-order valence-electron chi connectivity index (χ0n) is 11.9. The van der Waals surface area contributed by atoms with Gasteiger partial charge in [-0.2, -0.15) is 0 Å². The third kappa shape index (κ3) is 3.59. The third-order valence-electron chi connectivity index (χ3n) is 3.47. The zero-order valence-corrected chi connectivity index (χ0v) is 11.9. The maximum Gasteiger partial charge on any atom is 0.0727 e. The molecule has 0 aromatic heterocycles. The summed E-state index contributed by atoms with van der Waals surface area (Å²) in [5, 5.41) is 0. The Morgan fingerprint density at radius 3 is 1.95 bits per heavy atom. The van der Waals surface area contributed by atoms with Crippen LogP contribution in [0.4, 0.5) is 0 Å². The van der Waals surface area contributed by atoms with Crippen LogP contribution in [0.3, 0.4) is 0 Å². The van der Waals surface area contributed by atoms with Crippen LogP contribution in [-0.4, -0.2) is 0 Å². The van der Waals surface area contributed by atoms with Crippen molar-refractivity contribution in [2.24, 2.45) is 0 Å². The fourth-order valence-corrected chi connectivity index (χ4v) is 2.40. The van der Waals surface area contributed by atoms with Crippen molar-refractivity contribution in [3.05, 3.63) is 96.1 Å². The Labute approximate surface area is 125 Å². The molecule has 0 radical (unpaired) electrons. The van der Waals surface area contributed by atoms with Gasteiger partial charge in [0.25, 0.3) is 0 Å². The molecule has 0 heterocycles. The lowest BCUT2D eigenvalue weighted by Crippen LogP contribution is -1.96. The first-order valence-electron chi connectivity index (χ1n) is 7.18. The average Bonchev–Trinajstić information content (AvgIpc) is 2.57. The monoisotopic (exact) mass is 274 g/mol.